The molecule has 0 fully saturated rings. The predicted octanol–water partition coefficient (Wildman–Crippen LogP) is 3.11. The third-order valence-electron chi connectivity index (χ3n) is 4.40. The zero-order valence-electron chi connectivity index (χ0n) is 14.3. The van der Waals surface area contributed by atoms with Crippen LogP contribution in [0.5, 0.6) is 0 Å². The molecular formula is C20H16N4O2S. The summed E-state index contributed by atoms with van der Waals surface area (Å²) in [6, 6.07) is 14.8. The summed E-state index contributed by atoms with van der Waals surface area (Å²) in [7, 11) is 0. The third-order valence-corrected chi connectivity index (χ3v) is 4.60. The Bertz CT molecular complexity index is 1270. The van der Waals surface area contributed by atoms with Crippen molar-refractivity contribution < 1.29 is 4.79 Å². The van der Waals surface area contributed by atoms with Gasteiger partial charge in [0.25, 0.3) is 11.5 Å². The minimum absolute atomic E-state index is 0.204. The largest absolute Gasteiger partial charge is 0.352 e. The highest BCUT2D eigenvalue weighted by atomic mass is 32.1. The van der Waals surface area contributed by atoms with Gasteiger partial charge in [-0.05, 0) is 48.5 Å². The maximum atomic E-state index is 12.5. The molecule has 0 radical (unpaired) electrons. The molecule has 3 N–H and O–H groups in total. The summed E-state index contributed by atoms with van der Waals surface area (Å²) in [6.07, 6.45) is 2.45. The Labute approximate surface area is 159 Å². The Morgan fingerprint density at radius 2 is 1.96 bits per heavy atom. The standard InChI is InChI=1S/C20H16N4O2S/c25-18(14-6-7-15-16(11-14)23-20(27)24-19(15)26)22-10-8-13-4-1-3-12-5-2-9-21-17(12)13/h1-7,9,11H,8,10H2,(H,22,25)(H2,23,24,26,27). The van der Waals surface area contributed by atoms with Crippen LogP contribution in [0.1, 0.15) is 15.9 Å². The van der Waals surface area contributed by atoms with Crippen LogP contribution in [-0.2, 0) is 6.42 Å². The fraction of sp³-hybridized carbons (Fsp3) is 0.100. The van der Waals surface area contributed by atoms with E-state index in [2.05, 4.69) is 20.3 Å². The van der Waals surface area contributed by atoms with Gasteiger partial charge in [0.15, 0.2) is 4.77 Å². The molecule has 0 atom stereocenters. The molecule has 27 heavy (non-hydrogen) atoms. The number of pyridine rings is 1. The van der Waals surface area contributed by atoms with Crippen molar-refractivity contribution in [1.82, 2.24) is 20.3 Å². The Balaban J connectivity index is 1.50. The molecule has 0 saturated carbocycles. The van der Waals surface area contributed by atoms with E-state index in [1.165, 1.54) is 0 Å². The molecule has 7 heteroatoms. The third kappa shape index (κ3) is 3.50. The average molecular weight is 376 g/mol. The van der Waals surface area contributed by atoms with Crippen LogP contribution >= 0.6 is 12.2 Å². The number of carbonyl (C=O) groups is 1. The van der Waals surface area contributed by atoms with Crippen molar-refractivity contribution in [3.05, 3.63) is 81.0 Å². The number of rotatable bonds is 4. The van der Waals surface area contributed by atoms with E-state index in [4.69, 9.17) is 12.2 Å². The molecule has 2 aromatic heterocycles. The second kappa shape index (κ2) is 7.13. The monoisotopic (exact) mass is 376 g/mol. The van der Waals surface area contributed by atoms with Gasteiger partial charge in [-0.25, -0.2) is 0 Å². The first-order chi connectivity index (χ1) is 13.1. The topological polar surface area (TPSA) is 90.6 Å². The number of para-hydroxylation sites is 1. The molecule has 0 aliphatic carbocycles. The number of aromatic amines is 2. The van der Waals surface area contributed by atoms with Crippen molar-refractivity contribution in [1.29, 1.82) is 0 Å². The van der Waals surface area contributed by atoms with Gasteiger partial charge in [-0.2, -0.15) is 0 Å². The van der Waals surface area contributed by atoms with Crippen LogP contribution in [0.15, 0.2) is 59.5 Å². The molecule has 6 nitrogen and oxygen atoms in total. The van der Waals surface area contributed by atoms with E-state index < -0.39 is 0 Å². The molecule has 1 amide bonds. The van der Waals surface area contributed by atoms with Gasteiger partial charge in [0.1, 0.15) is 0 Å². The van der Waals surface area contributed by atoms with Crippen LogP contribution in [0.4, 0.5) is 0 Å². The van der Waals surface area contributed by atoms with Crippen LogP contribution in [0.2, 0.25) is 0 Å². The number of H-pyrrole nitrogens is 2. The molecule has 0 aliphatic heterocycles. The van der Waals surface area contributed by atoms with Crippen molar-refractivity contribution in [3.63, 3.8) is 0 Å². The van der Waals surface area contributed by atoms with Gasteiger partial charge in [-0.3, -0.25) is 19.6 Å². The van der Waals surface area contributed by atoms with Crippen molar-refractivity contribution in [3.8, 4) is 0 Å². The number of amides is 1. The first kappa shape index (κ1) is 17.1. The average Bonchev–Trinajstić information content (AvgIpc) is 2.67. The van der Waals surface area contributed by atoms with Gasteiger partial charge < -0.3 is 10.3 Å². The summed E-state index contributed by atoms with van der Waals surface area (Å²) < 4.78 is 0.230. The van der Waals surface area contributed by atoms with E-state index in [0.717, 1.165) is 16.5 Å². The summed E-state index contributed by atoms with van der Waals surface area (Å²) >= 11 is 4.98. The lowest BCUT2D eigenvalue weighted by Crippen LogP contribution is -2.25. The van der Waals surface area contributed by atoms with Crippen LogP contribution in [-0.4, -0.2) is 27.4 Å². The Morgan fingerprint density at radius 1 is 1.11 bits per heavy atom. The Kier molecular flexibility index (Phi) is 4.52. The summed E-state index contributed by atoms with van der Waals surface area (Å²) in [5, 5.41) is 4.45. The smallest absolute Gasteiger partial charge is 0.259 e. The second-order valence-corrected chi connectivity index (χ2v) is 6.58. The number of hydrogen-bond acceptors (Lipinski definition) is 4. The van der Waals surface area contributed by atoms with Crippen LogP contribution in [0, 0.1) is 4.77 Å². The van der Waals surface area contributed by atoms with Crippen LogP contribution in [0.3, 0.4) is 0 Å². The highest BCUT2D eigenvalue weighted by molar-refractivity contribution is 7.71. The zero-order chi connectivity index (χ0) is 18.8. The van der Waals surface area contributed by atoms with Crippen LogP contribution < -0.4 is 10.9 Å². The van der Waals surface area contributed by atoms with Gasteiger partial charge in [0.2, 0.25) is 0 Å². The molecule has 0 saturated heterocycles. The lowest BCUT2D eigenvalue weighted by Gasteiger charge is -2.08. The number of nitrogens with one attached hydrogen (secondary N) is 3. The van der Waals surface area contributed by atoms with E-state index in [1.807, 2.05) is 30.3 Å². The molecule has 4 aromatic rings. The summed E-state index contributed by atoms with van der Waals surface area (Å²) in [4.78, 5) is 34.2. The fourth-order valence-corrected chi connectivity index (χ4v) is 3.30. The number of hydrogen-bond donors (Lipinski definition) is 3. The van der Waals surface area contributed by atoms with E-state index in [1.54, 1.807) is 24.4 Å². The summed E-state index contributed by atoms with van der Waals surface area (Å²) in [6.45, 7) is 0.484. The van der Waals surface area contributed by atoms with Gasteiger partial charge in [-0.1, -0.05) is 24.3 Å². The van der Waals surface area contributed by atoms with Gasteiger partial charge in [0.05, 0.1) is 16.4 Å². The second-order valence-electron chi connectivity index (χ2n) is 6.17. The molecule has 134 valence electrons. The molecule has 2 heterocycles. The molecule has 2 aromatic carbocycles. The quantitative estimate of drug-likeness (QED) is 0.477. The van der Waals surface area contributed by atoms with Crippen molar-refractivity contribution >= 4 is 39.9 Å². The molecule has 0 bridgehead atoms. The highest BCUT2D eigenvalue weighted by Gasteiger charge is 2.09. The van der Waals surface area contributed by atoms with E-state index in [0.29, 0.717) is 29.4 Å². The number of benzene rings is 2. The Morgan fingerprint density at radius 3 is 2.85 bits per heavy atom. The summed E-state index contributed by atoms with van der Waals surface area (Å²) in [5.74, 6) is -0.204. The van der Waals surface area contributed by atoms with Gasteiger partial charge in [-0.15, -0.1) is 0 Å². The number of nitrogens with zero attached hydrogens (tertiary/aromatic N) is 1. The zero-order valence-corrected chi connectivity index (χ0v) is 15.1. The lowest BCUT2D eigenvalue weighted by molar-refractivity contribution is 0.0954. The lowest BCUT2D eigenvalue weighted by atomic mass is 10.1. The SMILES string of the molecule is O=C(NCCc1cccc2cccnc12)c1ccc2c(=O)[nH]c(=S)[nH]c2c1. The normalized spacial score (nSPS) is 11.0. The minimum Gasteiger partial charge on any atom is -0.352 e. The van der Waals surface area contributed by atoms with Crippen molar-refractivity contribution in [2.45, 2.75) is 6.42 Å². The van der Waals surface area contributed by atoms with E-state index >= 15 is 0 Å². The molecular weight excluding hydrogens is 360 g/mol. The van der Waals surface area contributed by atoms with Gasteiger partial charge in [0, 0.05) is 23.7 Å². The number of aromatic nitrogens is 3. The molecule has 4 rings (SSSR count). The van der Waals surface area contributed by atoms with Gasteiger partial charge >= 0.3 is 0 Å². The Hall–Kier alpha value is -3.32. The van der Waals surface area contributed by atoms with Crippen molar-refractivity contribution in [2.75, 3.05) is 6.54 Å². The fourth-order valence-electron chi connectivity index (χ4n) is 3.09. The maximum absolute atomic E-state index is 12.5. The molecule has 0 unspecified atom stereocenters. The van der Waals surface area contributed by atoms with E-state index in [9.17, 15) is 9.59 Å². The molecule has 0 spiro atoms. The first-order valence-electron chi connectivity index (χ1n) is 8.49. The van der Waals surface area contributed by atoms with E-state index in [-0.39, 0.29) is 16.2 Å². The first-order valence-corrected chi connectivity index (χ1v) is 8.90. The highest BCUT2D eigenvalue weighted by Crippen LogP contribution is 2.16. The number of carbonyl (C=O) groups excluding carboxylic acids is 1. The van der Waals surface area contributed by atoms with Crippen LogP contribution in [0.25, 0.3) is 21.8 Å². The van der Waals surface area contributed by atoms with Crippen molar-refractivity contribution in [2.24, 2.45) is 0 Å². The minimum atomic E-state index is -0.274. The summed E-state index contributed by atoms with van der Waals surface area (Å²) in [5.41, 5.74) is 2.77. The maximum Gasteiger partial charge on any atom is 0.259 e. The molecule has 0 aliphatic rings. The number of fused-ring (bicyclic) bond motifs is 2. The predicted molar refractivity (Wildman–Crippen MR) is 108 cm³/mol.